The minimum atomic E-state index is -0.306. The number of hydrogen-bond donors (Lipinski definition) is 1. The van der Waals surface area contributed by atoms with Crippen molar-refractivity contribution >= 4 is 5.91 Å². The number of nitrogens with two attached hydrogens (primary N) is 1. The minimum Gasteiger partial charge on any atom is -0.334 e. The van der Waals surface area contributed by atoms with Gasteiger partial charge in [-0.1, -0.05) is 45.0 Å². The Labute approximate surface area is 115 Å². The molecule has 0 saturated heterocycles. The minimum absolute atomic E-state index is 0.0308. The highest BCUT2D eigenvalue weighted by Gasteiger charge is 2.36. The van der Waals surface area contributed by atoms with Crippen molar-refractivity contribution in [3.05, 3.63) is 35.4 Å². The van der Waals surface area contributed by atoms with Gasteiger partial charge in [0.05, 0.1) is 6.04 Å². The lowest BCUT2D eigenvalue weighted by molar-refractivity contribution is -0.143. The lowest BCUT2D eigenvalue weighted by atomic mass is 9.85. The van der Waals surface area contributed by atoms with Gasteiger partial charge in [-0.05, 0) is 24.0 Å². The molecule has 1 atom stereocenters. The predicted octanol–water partition coefficient (Wildman–Crippen LogP) is 2.51. The molecule has 3 nitrogen and oxygen atoms in total. The first kappa shape index (κ1) is 14.1. The molecular formula is C16H24N2O. The summed E-state index contributed by atoms with van der Waals surface area (Å²) in [6, 6.07) is 8.36. The van der Waals surface area contributed by atoms with Crippen molar-refractivity contribution in [3.8, 4) is 0 Å². The number of rotatable bonds is 3. The van der Waals surface area contributed by atoms with Crippen LogP contribution in [0.3, 0.4) is 0 Å². The molecule has 1 amide bonds. The first-order chi connectivity index (χ1) is 9.01. The highest BCUT2D eigenvalue weighted by Crippen LogP contribution is 2.33. The van der Waals surface area contributed by atoms with Gasteiger partial charge in [0, 0.05) is 18.5 Å². The van der Waals surface area contributed by atoms with E-state index in [1.807, 2.05) is 24.8 Å². The Kier molecular flexibility index (Phi) is 3.95. The number of carbonyl (C=O) groups excluding carboxylic acids is 1. The molecular weight excluding hydrogens is 236 g/mol. The lowest BCUT2D eigenvalue weighted by Gasteiger charge is -2.40. The molecule has 0 saturated carbocycles. The molecule has 0 aromatic heterocycles. The molecule has 1 heterocycles. The van der Waals surface area contributed by atoms with Crippen LogP contribution in [0.25, 0.3) is 0 Å². The largest absolute Gasteiger partial charge is 0.334 e. The van der Waals surface area contributed by atoms with Gasteiger partial charge < -0.3 is 10.6 Å². The maximum atomic E-state index is 12.7. The Balaban J connectivity index is 2.32. The van der Waals surface area contributed by atoms with Crippen LogP contribution in [0, 0.1) is 5.41 Å². The fourth-order valence-corrected chi connectivity index (χ4v) is 2.69. The second kappa shape index (κ2) is 5.33. The Bertz CT molecular complexity index is 468. The summed E-state index contributed by atoms with van der Waals surface area (Å²) in [6.45, 7) is 7.36. The average Bonchev–Trinajstić information content (AvgIpc) is 2.45. The lowest BCUT2D eigenvalue weighted by Crippen LogP contribution is -2.48. The highest BCUT2D eigenvalue weighted by molar-refractivity contribution is 5.82. The van der Waals surface area contributed by atoms with Gasteiger partial charge in [0.15, 0.2) is 0 Å². The molecule has 1 aliphatic rings. The van der Waals surface area contributed by atoms with Crippen molar-refractivity contribution in [3.63, 3.8) is 0 Å². The third-order valence-electron chi connectivity index (χ3n) is 4.36. The van der Waals surface area contributed by atoms with E-state index in [-0.39, 0.29) is 17.4 Å². The summed E-state index contributed by atoms with van der Waals surface area (Å²) in [4.78, 5) is 14.7. The van der Waals surface area contributed by atoms with Crippen molar-refractivity contribution < 1.29 is 4.79 Å². The number of benzene rings is 1. The van der Waals surface area contributed by atoms with Crippen LogP contribution in [-0.2, 0) is 11.2 Å². The van der Waals surface area contributed by atoms with Crippen LogP contribution in [0.4, 0.5) is 0 Å². The molecule has 2 N–H and O–H groups in total. The molecule has 1 aromatic rings. The molecule has 2 rings (SSSR count). The normalized spacial score (nSPS) is 19.2. The van der Waals surface area contributed by atoms with Crippen LogP contribution >= 0.6 is 0 Å². The maximum Gasteiger partial charge on any atom is 0.228 e. The second-order valence-corrected chi connectivity index (χ2v) is 5.94. The summed E-state index contributed by atoms with van der Waals surface area (Å²) in [7, 11) is 0. The van der Waals surface area contributed by atoms with Gasteiger partial charge in [0.2, 0.25) is 5.91 Å². The maximum absolute atomic E-state index is 12.7. The highest BCUT2D eigenvalue weighted by atomic mass is 16.2. The van der Waals surface area contributed by atoms with Crippen molar-refractivity contribution in [1.29, 1.82) is 0 Å². The zero-order chi connectivity index (χ0) is 14.0. The van der Waals surface area contributed by atoms with Crippen LogP contribution in [0.5, 0.6) is 0 Å². The fraction of sp³-hybridized carbons (Fsp3) is 0.562. The Morgan fingerprint density at radius 2 is 2.11 bits per heavy atom. The van der Waals surface area contributed by atoms with Gasteiger partial charge in [0.1, 0.15) is 0 Å². The topological polar surface area (TPSA) is 46.3 Å². The van der Waals surface area contributed by atoms with Crippen molar-refractivity contribution in [2.24, 2.45) is 11.1 Å². The van der Waals surface area contributed by atoms with Crippen LogP contribution in [0.1, 0.15) is 44.4 Å². The van der Waals surface area contributed by atoms with Gasteiger partial charge in [-0.2, -0.15) is 0 Å². The summed E-state index contributed by atoms with van der Waals surface area (Å²) in [5, 5.41) is 0. The standard InChI is InChI=1S/C16H24N2O/c1-4-16(2,3)15(19)18-10-9-12-7-5-6-8-13(12)14(18)11-17/h5-8,14H,4,9-11,17H2,1-3H3. The Morgan fingerprint density at radius 1 is 1.42 bits per heavy atom. The van der Waals surface area contributed by atoms with E-state index in [0.29, 0.717) is 6.54 Å². The molecule has 0 spiro atoms. The number of amides is 1. The molecule has 1 unspecified atom stereocenters. The summed E-state index contributed by atoms with van der Waals surface area (Å²) >= 11 is 0. The summed E-state index contributed by atoms with van der Waals surface area (Å²) in [5.41, 5.74) is 8.18. The SMILES string of the molecule is CCC(C)(C)C(=O)N1CCc2ccccc2C1CN. The third-order valence-corrected chi connectivity index (χ3v) is 4.36. The molecule has 0 aliphatic carbocycles. The first-order valence-electron chi connectivity index (χ1n) is 7.10. The number of fused-ring (bicyclic) bond motifs is 1. The van der Waals surface area contributed by atoms with E-state index in [9.17, 15) is 4.79 Å². The number of nitrogens with zero attached hydrogens (tertiary/aromatic N) is 1. The van der Waals surface area contributed by atoms with Gasteiger partial charge in [0.25, 0.3) is 0 Å². The van der Waals surface area contributed by atoms with Crippen LogP contribution < -0.4 is 5.73 Å². The third kappa shape index (κ3) is 2.52. The van der Waals surface area contributed by atoms with E-state index in [1.165, 1.54) is 11.1 Å². The van der Waals surface area contributed by atoms with Gasteiger partial charge >= 0.3 is 0 Å². The van der Waals surface area contributed by atoms with Crippen LogP contribution in [0.2, 0.25) is 0 Å². The van der Waals surface area contributed by atoms with Crippen LogP contribution in [0.15, 0.2) is 24.3 Å². The van der Waals surface area contributed by atoms with Gasteiger partial charge in [-0.25, -0.2) is 0 Å². The molecule has 0 bridgehead atoms. The Morgan fingerprint density at radius 3 is 2.74 bits per heavy atom. The van der Waals surface area contributed by atoms with Crippen molar-refractivity contribution in [1.82, 2.24) is 4.90 Å². The van der Waals surface area contributed by atoms with Gasteiger partial charge in [-0.3, -0.25) is 4.79 Å². The summed E-state index contributed by atoms with van der Waals surface area (Å²) < 4.78 is 0. The molecule has 104 valence electrons. The smallest absolute Gasteiger partial charge is 0.228 e. The van der Waals surface area contributed by atoms with Crippen molar-refractivity contribution in [2.75, 3.05) is 13.1 Å². The van der Waals surface area contributed by atoms with E-state index in [4.69, 9.17) is 5.73 Å². The first-order valence-corrected chi connectivity index (χ1v) is 7.10. The molecule has 0 radical (unpaired) electrons. The number of hydrogen-bond acceptors (Lipinski definition) is 2. The zero-order valence-electron chi connectivity index (χ0n) is 12.1. The molecule has 1 aromatic carbocycles. The molecule has 3 heteroatoms. The molecule has 0 fully saturated rings. The van der Waals surface area contributed by atoms with Crippen LogP contribution in [-0.4, -0.2) is 23.9 Å². The second-order valence-electron chi connectivity index (χ2n) is 5.94. The Hall–Kier alpha value is -1.35. The van der Waals surface area contributed by atoms with E-state index >= 15 is 0 Å². The molecule has 1 aliphatic heterocycles. The quantitative estimate of drug-likeness (QED) is 0.907. The zero-order valence-corrected chi connectivity index (χ0v) is 12.1. The van der Waals surface area contributed by atoms with E-state index in [0.717, 1.165) is 19.4 Å². The van der Waals surface area contributed by atoms with Crippen molar-refractivity contribution in [2.45, 2.75) is 39.7 Å². The summed E-state index contributed by atoms with van der Waals surface area (Å²) in [6.07, 6.45) is 1.78. The monoisotopic (exact) mass is 260 g/mol. The molecule has 19 heavy (non-hydrogen) atoms. The average molecular weight is 260 g/mol. The number of carbonyl (C=O) groups is 1. The van der Waals surface area contributed by atoms with E-state index < -0.39 is 0 Å². The summed E-state index contributed by atoms with van der Waals surface area (Å²) in [5.74, 6) is 0.222. The van der Waals surface area contributed by atoms with E-state index in [2.05, 4.69) is 25.1 Å². The predicted molar refractivity (Wildman–Crippen MR) is 77.7 cm³/mol. The van der Waals surface area contributed by atoms with E-state index in [1.54, 1.807) is 0 Å². The fourth-order valence-electron chi connectivity index (χ4n) is 2.69. The van der Waals surface area contributed by atoms with Gasteiger partial charge in [-0.15, -0.1) is 0 Å².